The van der Waals surface area contributed by atoms with Crippen molar-refractivity contribution in [2.45, 2.75) is 25.8 Å². The number of aliphatic hydroxyl groups excluding tert-OH is 1. The van der Waals surface area contributed by atoms with Crippen LogP contribution in [0.25, 0.3) is 0 Å². The number of hydrogen-bond donors (Lipinski definition) is 2. The number of anilines is 2. The second-order valence-corrected chi connectivity index (χ2v) is 8.35. The Balaban J connectivity index is 1.46. The van der Waals surface area contributed by atoms with E-state index in [2.05, 4.69) is 56.3 Å². The Hall–Kier alpha value is -2.22. The molecule has 1 aromatic carbocycles. The lowest BCUT2D eigenvalue weighted by Crippen LogP contribution is -2.41. The Morgan fingerprint density at radius 3 is 2.73 bits per heavy atom. The zero-order chi connectivity index (χ0) is 20.8. The molecule has 2 aromatic rings. The maximum atomic E-state index is 9.52. The number of morpholine rings is 1. The third-order valence-electron chi connectivity index (χ3n) is 6.18. The van der Waals surface area contributed by atoms with Gasteiger partial charge in [0.05, 0.1) is 19.3 Å². The molecule has 0 aliphatic carbocycles. The molecule has 2 aliphatic heterocycles. The van der Waals surface area contributed by atoms with Gasteiger partial charge in [0.25, 0.3) is 0 Å². The van der Waals surface area contributed by atoms with Crippen molar-refractivity contribution >= 4 is 11.6 Å². The molecule has 7 nitrogen and oxygen atoms in total. The summed E-state index contributed by atoms with van der Waals surface area (Å²) in [5, 5.41) is 13.1. The van der Waals surface area contributed by atoms with Crippen molar-refractivity contribution in [3.8, 4) is 0 Å². The fraction of sp³-hybridized carbons (Fsp3) is 0.565. The lowest BCUT2D eigenvalue weighted by atomic mass is 9.99. The summed E-state index contributed by atoms with van der Waals surface area (Å²) < 4.78 is 5.56. The molecule has 2 N–H and O–H groups in total. The molecule has 7 heteroatoms. The van der Waals surface area contributed by atoms with Gasteiger partial charge in [0.2, 0.25) is 0 Å². The standard InChI is InChI=1S/C23H33N5O2/c1-18-4-6-20(7-5-18)21(27-9-11-30-12-10-27)14-24-22-13-23(26-17-25-22)28-8-2-3-19(15-28)16-29/h4-7,13,17,19,21,29H,2-3,8-12,14-16H2,1H3,(H,24,25,26). The lowest BCUT2D eigenvalue weighted by molar-refractivity contribution is 0.0187. The number of benzene rings is 1. The van der Waals surface area contributed by atoms with E-state index in [1.54, 1.807) is 6.33 Å². The largest absolute Gasteiger partial charge is 0.396 e. The summed E-state index contributed by atoms with van der Waals surface area (Å²) in [6, 6.07) is 11.1. The van der Waals surface area contributed by atoms with Crippen LogP contribution in [0.1, 0.15) is 30.0 Å². The average Bonchev–Trinajstić information content (AvgIpc) is 2.81. The molecule has 0 bridgehead atoms. The number of rotatable bonds is 7. The average molecular weight is 412 g/mol. The summed E-state index contributed by atoms with van der Waals surface area (Å²) in [5.74, 6) is 2.11. The molecule has 0 saturated carbocycles. The van der Waals surface area contributed by atoms with E-state index in [0.29, 0.717) is 5.92 Å². The molecule has 162 valence electrons. The maximum Gasteiger partial charge on any atom is 0.134 e. The van der Waals surface area contributed by atoms with Crippen molar-refractivity contribution in [2.24, 2.45) is 5.92 Å². The predicted molar refractivity (Wildman–Crippen MR) is 119 cm³/mol. The van der Waals surface area contributed by atoms with E-state index in [0.717, 1.165) is 70.4 Å². The van der Waals surface area contributed by atoms with Gasteiger partial charge in [-0.15, -0.1) is 0 Å². The minimum atomic E-state index is 0.241. The van der Waals surface area contributed by atoms with Gasteiger partial charge in [-0.3, -0.25) is 4.90 Å². The molecule has 30 heavy (non-hydrogen) atoms. The minimum absolute atomic E-state index is 0.241. The van der Waals surface area contributed by atoms with Crippen molar-refractivity contribution in [3.05, 3.63) is 47.8 Å². The Morgan fingerprint density at radius 1 is 1.17 bits per heavy atom. The van der Waals surface area contributed by atoms with Crippen LogP contribution < -0.4 is 10.2 Å². The minimum Gasteiger partial charge on any atom is -0.396 e. The van der Waals surface area contributed by atoms with Crippen molar-refractivity contribution in [1.29, 1.82) is 0 Å². The monoisotopic (exact) mass is 411 g/mol. The van der Waals surface area contributed by atoms with Gasteiger partial charge in [0, 0.05) is 45.4 Å². The number of piperidine rings is 1. The molecule has 2 aliphatic rings. The van der Waals surface area contributed by atoms with E-state index in [9.17, 15) is 5.11 Å². The first-order valence-corrected chi connectivity index (χ1v) is 11.0. The highest BCUT2D eigenvalue weighted by Crippen LogP contribution is 2.25. The van der Waals surface area contributed by atoms with Crippen LogP contribution in [0.2, 0.25) is 0 Å². The molecule has 0 spiro atoms. The summed E-state index contributed by atoms with van der Waals surface area (Å²) in [5.41, 5.74) is 2.58. The van der Waals surface area contributed by atoms with E-state index >= 15 is 0 Å². The van der Waals surface area contributed by atoms with Crippen molar-refractivity contribution in [2.75, 3.05) is 62.8 Å². The molecule has 2 unspecified atom stereocenters. The maximum absolute atomic E-state index is 9.52. The molecule has 2 saturated heterocycles. The van der Waals surface area contributed by atoms with Crippen LogP contribution in [0.5, 0.6) is 0 Å². The molecule has 3 heterocycles. The molecule has 0 radical (unpaired) electrons. The van der Waals surface area contributed by atoms with Gasteiger partial charge < -0.3 is 20.1 Å². The van der Waals surface area contributed by atoms with Gasteiger partial charge in [-0.05, 0) is 31.2 Å². The van der Waals surface area contributed by atoms with Gasteiger partial charge in [0.1, 0.15) is 18.0 Å². The topological polar surface area (TPSA) is 73.8 Å². The number of aliphatic hydroxyl groups is 1. The zero-order valence-electron chi connectivity index (χ0n) is 17.8. The molecular weight excluding hydrogens is 378 g/mol. The Kier molecular flexibility index (Phi) is 7.15. The smallest absolute Gasteiger partial charge is 0.134 e. The van der Waals surface area contributed by atoms with E-state index in [1.807, 2.05) is 6.07 Å². The fourth-order valence-electron chi connectivity index (χ4n) is 4.38. The molecule has 2 atom stereocenters. The molecular formula is C23H33N5O2. The van der Waals surface area contributed by atoms with E-state index in [4.69, 9.17) is 4.74 Å². The van der Waals surface area contributed by atoms with Gasteiger partial charge in [0.15, 0.2) is 0 Å². The molecule has 4 rings (SSSR count). The van der Waals surface area contributed by atoms with Crippen LogP contribution in [-0.4, -0.2) is 72.5 Å². The first-order valence-electron chi connectivity index (χ1n) is 11.0. The number of nitrogens with zero attached hydrogens (tertiary/aromatic N) is 4. The number of hydrogen-bond acceptors (Lipinski definition) is 7. The molecule has 1 aromatic heterocycles. The highest BCUT2D eigenvalue weighted by atomic mass is 16.5. The van der Waals surface area contributed by atoms with E-state index in [1.165, 1.54) is 11.1 Å². The van der Waals surface area contributed by atoms with Crippen molar-refractivity contribution in [3.63, 3.8) is 0 Å². The Bertz CT molecular complexity index is 794. The van der Waals surface area contributed by atoms with E-state index in [-0.39, 0.29) is 12.6 Å². The first-order chi connectivity index (χ1) is 14.7. The summed E-state index contributed by atoms with van der Waals surface area (Å²) in [7, 11) is 0. The summed E-state index contributed by atoms with van der Waals surface area (Å²) in [6.45, 7) is 8.40. The summed E-state index contributed by atoms with van der Waals surface area (Å²) >= 11 is 0. The van der Waals surface area contributed by atoms with Gasteiger partial charge in [-0.1, -0.05) is 29.8 Å². The first kappa shape index (κ1) is 21.0. The normalized spacial score (nSPS) is 21.4. The Morgan fingerprint density at radius 2 is 1.97 bits per heavy atom. The second-order valence-electron chi connectivity index (χ2n) is 8.35. The predicted octanol–water partition coefficient (Wildman–Crippen LogP) is 2.48. The number of nitrogens with one attached hydrogen (secondary N) is 1. The quantitative estimate of drug-likeness (QED) is 0.725. The highest BCUT2D eigenvalue weighted by molar-refractivity contribution is 5.49. The third-order valence-corrected chi connectivity index (χ3v) is 6.18. The summed E-state index contributed by atoms with van der Waals surface area (Å²) in [4.78, 5) is 13.7. The van der Waals surface area contributed by atoms with Gasteiger partial charge in [-0.25, -0.2) is 9.97 Å². The molecule has 0 amide bonds. The lowest BCUT2D eigenvalue weighted by Gasteiger charge is -2.35. The number of ether oxygens (including phenoxy) is 1. The Labute approximate surface area is 179 Å². The van der Waals surface area contributed by atoms with Crippen molar-refractivity contribution in [1.82, 2.24) is 14.9 Å². The van der Waals surface area contributed by atoms with Gasteiger partial charge >= 0.3 is 0 Å². The summed E-state index contributed by atoms with van der Waals surface area (Å²) in [6.07, 6.45) is 3.81. The van der Waals surface area contributed by atoms with Gasteiger partial charge in [-0.2, -0.15) is 0 Å². The SMILES string of the molecule is Cc1ccc(C(CNc2cc(N3CCCC(CO)C3)ncn2)N2CCOCC2)cc1. The van der Waals surface area contributed by atoms with Crippen molar-refractivity contribution < 1.29 is 9.84 Å². The van der Waals surface area contributed by atoms with Crippen LogP contribution in [0.3, 0.4) is 0 Å². The molecule has 2 fully saturated rings. The fourth-order valence-corrected chi connectivity index (χ4v) is 4.38. The van der Waals surface area contributed by atoms with Crippen LogP contribution in [0.15, 0.2) is 36.7 Å². The van der Waals surface area contributed by atoms with Crippen LogP contribution in [0.4, 0.5) is 11.6 Å². The highest BCUT2D eigenvalue weighted by Gasteiger charge is 2.23. The second kappa shape index (κ2) is 10.2. The van der Waals surface area contributed by atoms with E-state index < -0.39 is 0 Å². The third kappa shape index (κ3) is 5.28. The number of aryl methyl sites for hydroxylation is 1. The van der Waals surface area contributed by atoms with Crippen LogP contribution >= 0.6 is 0 Å². The van der Waals surface area contributed by atoms with Crippen LogP contribution in [-0.2, 0) is 4.74 Å². The number of aromatic nitrogens is 2. The van der Waals surface area contributed by atoms with Crippen LogP contribution in [0, 0.1) is 12.8 Å². The zero-order valence-corrected chi connectivity index (χ0v) is 17.8.